The molecule has 1 aliphatic rings. The molecule has 0 bridgehead atoms. The van der Waals surface area contributed by atoms with Gasteiger partial charge in [-0.2, -0.15) is 0 Å². The maximum atomic E-state index is 12.1. The van der Waals surface area contributed by atoms with Crippen molar-refractivity contribution in [2.24, 2.45) is 0 Å². The number of benzene rings is 2. The van der Waals surface area contributed by atoms with Crippen LogP contribution in [-0.2, 0) is 18.7 Å². The fourth-order valence-electron chi connectivity index (χ4n) is 2.86. The number of H-pyrrole nitrogens is 1. The van der Waals surface area contributed by atoms with Crippen molar-refractivity contribution in [1.29, 1.82) is 0 Å². The summed E-state index contributed by atoms with van der Waals surface area (Å²) in [4.78, 5) is 12.1. The van der Waals surface area contributed by atoms with Gasteiger partial charge in [-0.15, -0.1) is 5.10 Å². The molecule has 0 amide bonds. The third-order valence-corrected chi connectivity index (χ3v) is 6.02. The summed E-state index contributed by atoms with van der Waals surface area (Å²) in [7, 11) is 0. The first-order valence-electron chi connectivity index (χ1n) is 8.60. The first kappa shape index (κ1) is 18.2. The molecular formula is C19H18BrN3O3S. The van der Waals surface area contributed by atoms with Crippen LogP contribution in [0, 0.1) is 0 Å². The van der Waals surface area contributed by atoms with E-state index < -0.39 is 0 Å². The Hall–Kier alpha value is -2.19. The molecule has 8 heteroatoms. The molecule has 2 heterocycles. The molecule has 3 aromatic rings. The van der Waals surface area contributed by atoms with E-state index in [0.717, 1.165) is 28.0 Å². The van der Waals surface area contributed by atoms with Crippen molar-refractivity contribution < 1.29 is 9.47 Å². The van der Waals surface area contributed by atoms with E-state index in [9.17, 15) is 4.79 Å². The van der Waals surface area contributed by atoms with E-state index >= 15 is 0 Å². The molecule has 0 fully saturated rings. The van der Waals surface area contributed by atoms with Crippen LogP contribution in [0.4, 0.5) is 0 Å². The number of halogens is 1. The summed E-state index contributed by atoms with van der Waals surface area (Å²) >= 11 is 5.10. The van der Waals surface area contributed by atoms with Gasteiger partial charge in [-0.25, -0.2) is 9.89 Å². The monoisotopic (exact) mass is 447 g/mol. The summed E-state index contributed by atoms with van der Waals surface area (Å²) in [6.07, 6.45) is 0.779. The molecule has 0 aliphatic carbocycles. The van der Waals surface area contributed by atoms with Gasteiger partial charge in [0, 0.05) is 16.8 Å². The predicted molar refractivity (Wildman–Crippen MR) is 108 cm³/mol. The Morgan fingerprint density at radius 3 is 2.67 bits per heavy atom. The molecule has 1 aromatic heterocycles. The molecule has 0 saturated heterocycles. The molecule has 4 rings (SSSR count). The van der Waals surface area contributed by atoms with E-state index in [4.69, 9.17) is 9.47 Å². The van der Waals surface area contributed by atoms with Crippen LogP contribution in [0.15, 0.2) is 56.9 Å². The van der Waals surface area contributed by atoms with Gasteiger partial charge in [0.15, 0.2) is 16.7 Å². The zero-order chi connectivity index (χ0) is 18.6. The number of aryl methyl sites for hydroxylation is 1. The fourth-order valence-corrected chi connectivity index (χ4v) is 4.47. The average Bonchev–Trinajstić information content (AvgIpc) is 3.05. The SMILES string of the molecule is O=c1[nH]nc(SCc2cc3c(cc2Br)OCCO3)n1CCc1ccccc1. The van der Waals surface area contributed by atoms with Crippen molar-refractivity contribution in [2.75, 3.05) is 13.2 Å². The van der Waals surface area contributed by atoms with Crippen molar-refractivity contribution in [2.45, 2.75) is 23.9 Å². The third kappa shape index (κ3) is 4.22. The van der Waals surface area contributed by atoms with Crippen LogP contribution < -0.4 is 15.2 Å². The van der Waals surface area contributed by atoms with Crippen LogP contribution in [0.3, 0.4) is 0 Å². The van der Waals surface area contributed by atoms with Gasteiger partial charge in [0.05, 0.1) is 0 Å². The quantitative estimate of drug-likeness (QED) is 0.584. The van der Waals surface area contributed by atoms with E-state index in [-0.39, 0.29) is 5.69 Å². The lowest BCUT2D eigenvalue weighted by Crippen LogP contribution is -2.18. The normalized spacial score (nSPS) is 12.9. The zero-order valence-corrected chi connectivity index (χ0v) is 16.9. The fraction of sp³-hybridized carbons (Fsp3) is 0.263. The van der Waals surface area contributed by atoms with Gasteiger partial charge in [0.25, 0.3) is 0 Å². The highest BCUT2D eigenvalue weighted by Crippen LogP contribution is 2.37. The molecule has 0 saturated carbocycles. The van der Waals surface area contributed by atoms with Gasteiger partial charge in [0.2, 0.25) is 0 Å². The Morgan fingerprint density at radius 2 is 1.89 bits per heavy atom. The van der Waals surface area contributed by atoms with E-state index in [1.54, 1.807) is 4.57 Å². The van der Waals surface area contributed by atoms with Gasteiger partial charge in [-0.3, -0.25) is 4.57 Å². The molecule has 1 N–H and O–H groups in total. The number of ether oxygens (including phenoxy) is 2. The van der Waals surface area contributed by atoms with E-state index in [0.29, 0.717) is 30.7 Å². The maximum absolute atomic E-state index is 12.1. The zero-order valence-electron chi connectivity index (χ0n) is 14.5. The second-order valence-corrected chi connectivity index (χ2v) is 7.87. The van der Waals surface area contributed by atoms with Gasteiger partial charge in [-0.1, -0.05) is 58.0 Å². The summed E-state index contributed by atoms with van der Waals surface area (Å²) < 4.78 is 13.9. The first-order chi connectivity index (χ1) is 13.2. The van der Waals surface area contributed by atoms with Crippen LogP contribution in [0.2, 0.25) is 0 Å². The van der Waals surface area contributed by atoms with Crippen molar-refractivity contribution in [3.8, 4) is 11.5 Å². The second-order valence-electron chi connectivity index (χ2n) is 6.07. The van der Waals surface area contributed by atoms with Gasteiger partial charge in [0.1, 0.15) is 13.2 Å². The largest absolute Gasteiger partial charge is 0.486 e. The highest BCUT2D eigenvalue weighted by atomic mass is 79.9. The van der Waals surface area contributed by atoms with Gasteiger partial charge >= 0.3 is 5.69 Å². The molecule has 27 heavy (non-hydrogen) atoms. The third-order valence-electron chi connectivity index (χ3n) is 4.26. The number of hydrogen-bond acceptors (Lipinski definition) is 5. The van der Waals surface area contributed by atoms with Crippen LogP contribution >= 0.6 is 27.7 Å². The van der Waals surface area contributed by atoms with E-state index in [2.05, 4.69) is 38.3 Å². The number of fused-ring (bicyclic) bond motifs is 1. The number of hydrogen-bond donors (Lipinski definition) is 1. The average molecular weight is 448 g/mol. The number of thioether (sulfide) groups is 1. The van der Waals surface area contributed by atoms with Crippen LogP contribution in [-0.4, -0.2) is 28.0 Å². The molecule has 1 aliphatic heterocycles. The molecule has 2 aromatic carbocycles. The lowest BCUT2D eigenvalue weighted by Gasteiger charge is -2.19. The van der Waals surface area contributed by atoms with E-state index in [1.807, 2.05) is 30.3 Å². The smallest absolute Gasteiger partial charge is 0.343 e. The van der Waals surface area contributed by atoms with Crippen molar-refractivity contribution in [3.63, 3.8) is 0 Å². The molecule has 140 valence electrons. The summed E-state index contributed by atoms with van der Waals surface area (Å²) in [5.41, 5.74) is 2.07. The van der Waals surface area contributed by atoms with Gasteiger partial charge < -0.3 is 9.47 Å². The summed E-state index contributed by atoms with van der Waals surface area (Å²) in [6.45, 7) is 1.71. The first-order valence-corrected chi connectivity index (χ1v) is 10.4. The van der Waals surface area contributed by atoms with Gasteiger partial charge in [-0.05, 0) is 29.7 Å². The Bertz CT molecular complexity index is 988. The predicted octanol–water partition coefficient (Wildman–Crippen LogP) is 3.64. The Balaban J connectivity index is 1.47. The molecular weight excluding hydrogens is 430 g/mol. The number of nitrogens with zero attached hydrogens (tertiary/aromatic N) is 2. The maximum Gasteiger partial charge on any atom is 0.343 e. The van der Waals surface area contributed by atoms with Crippen molar-refractivity contribution in [1.82, 2.24) is 14.8 Å². The lowest BCUT2D eigenvalue weighted by molar-refractivity contribution is 0.171. The highest BCUT2D eigenvalue weighted by molar-refractivity contribution is 9.10. The van der Waals surface area contributed by atoms with E-state index in [1.165, 1.54) is 17.3 Å². The summed E-state index contributed by atoms with van der Waals surface area (Å²) in [6, 6.07) is 14.0. The van der Waals surface area contributed by atoms with Crippen LogP contribution in [0.5, 0.6) is 11.5 Å². The molecule has 0 atom stereocenters. The lowest BCUT2D eigenvalue weighted by atomic mass is 10.1. The molecule has 0 unspecified atom stereocenters. The molecule has 0 radical (unpaired) electrons. The minimum atomic E-state index is -0.185. The molecule has 0 spiro atoms. The number of nitrogens with one attached hydrogen (secondary N) is 1. The van der Waals surface area contributed by atoms with Crippen molar-refractivity contribution >= 4 is 27.7 Å². The minimum absolute atomic E-state index is 0.185. The minimum Gasteiger partial charge on any atom is -0.486 e. The van der Waals surface area contributed by atoms with Crippen molar-refractivity contribution in [3.05, 3.63) is 68.5 Å². The topological polar surface area (TPSA) is 69.1 Å². The number of aromatic amines is 1. The Labute approximate surface area is 169 Å². The van der Waals surface area contributed by atoms with Crippen LogP contribution in [0.1, 0.15) is 11.1 Å². The highest BCUT2D eigenvalue weighted by Gasteiger charge is 2.16. The Kier molecular flexibility index (Phi) is 5.54. The standard InChI is InChI=1S/C19H18BrN3O3S/c20-15-11-17-16(25-8-9-26-17)10-14(15)12-27-19-22-21-18(24)23(19)7-6-13-4-2-1-3-5-13/h1-5,10-11H,6-9,12H2,(H,21,24). The number of aromatic nitrogens is 3. The van der Waals surface area contributed by atoms with Crippen LogP contribution in [0.25, 0.3) is 0 Å². The Morgan fingerprint density at radius 1 is 1.15 bits per heavy atom. The second kappa shape index (κ2) is 8.22. The summed E-state index contributed by atoms with van der Waals surface area (Å²) in [5.74, 6) is 2.16. The summed E-state index contributed by atoms with van der Waals surface area (Å²) in [5, 5.41) is 7.41. The molecule has 6 nitrogen and oxygen atoms in total. The number of rotatable bonds is 6.